The maximum absolute atomic E-state index is 5.98. The number of rotatable bonds is 18. The summed E-state index contributed by atoms with van der Waals surface area (Å²) in [6.45, 7) is 26.5. The second kappa shape index (κ2) is 23.1. The summed E-state index contributed by atoms with van der Waals surface area (Å²) in [6, 6.07) is 51.5. The quantitative estimate of drug-likeness (QED) is 0.0487. The molecular formula is C66H76Cl2N2O2SiZr. The Morgan fingerprint density at radius 2 is 0.824 bits per heavy atom. The van der Waals surface area contributed by atoms with Crippen molar-refractivity contribution in [2.45, 2.75) is 144 Å². The first-order chi connectivity index (χ1) is 35.5. The van der Waals surface area contributed by atoms with Crippen LogP contribution in [0.15, 0.2) is 133 Å². The second-order valence-electron chi connectivity index (χ2n) is 23.2. The van der Waals surface area contributed by atoms with Crippen LogP contribution < -0.4 is 10.4 Å². The summed E-state index contributed by atoms with van der Waals surface area (Å²) in [5.74, 6) is 0. The number of benzene rings is 6. The molecule has 0 amide bonds. The first kappa shape index (κ1) is 54.5. The first-order valence-corrected chi connectivity index (χ1v) is 36.5. The predicted octanol–water partition coefficient (Wildman–Crippen LogP) is 18.5. The first-order valence-electron chi connectivity index (χ1n) is 27.2. The Bertz CT molecular complexity index is 3330. The van der Waals surface area contributed by atoms with Gasteiger partial charge in [0.15, 0.2) is 0 Å². The number of unbranched alkanes of at least 4 members (excludes halogenated alkanes) is 6. The number of hydrogen-bond acceptors (Lipinski definition) is 2. The summed E-state index contributed by atoms with van der Waals surface area (Å²) in [4.78, 5) is 0. The second-order valence-corrected chi connectivity index (χ2v) is 31.2. The Balaban J connectivity index is 0.00000219. The molecule has 0 bridgehead atoms. The number of fused-ring (bicyclic) bond motifs is 8. The van der Waals surface area contributed by atoms with Gasteiger partial charge in [-0.2, -0.15) is 12.1 Å². The molecular weight excluding hydrogens is 1040 g/mol. The number of aromatic nitrogens is 2. The SMILES string of the molecule is Cc1cc2c(-c3ccc4c(c3)c3ccccc3n4CCCCCCOC(C)(C)C)cccc2[c-]1[Si](C)(C)[c-]1c(C)cc2c(-c3ccc4c(c3)c3ccccc3n4CCCCCCOC(C)(C)C)cccc21.[Cl][Zr+2][Cl]. The zero-order valence-corrected chi connectivity index (χ0v) is 50.6. The predicted molar refractivity (Wildman–Crippen MR) is 322 cm³/mol. The number of aryl methyl sites for hydroxylation is 4. The van der Waals surface area contributed by atoms with Gasteiger partial charge in [-0.15, -0.1) is 67.3 Å². The van der Waals surface area contributed by atoms with E-state index >= 15 is 0 Å². The van der Waals surface area contributed by atoms with Crippen molar-refractivity contribution in [3.8, 4) is 22.3 Å². The minimum absolute atomic E-state index is 0.0643. The van der Waals surface area contributed by atoms with Crippen molar-refractivity contribution in [3.63, 3.8) is 0 Å². The number of hydrogen-bond donors (Lipinski definition) is 0. The average molecular weight is 1120 g/mol. The molecule has 0 aliphatic carbocycles. The molecule has 384 valence electrons. The van der Waals surface area contributed by atoms with Crippen molar-refractivity contribution in [2.24, 2.45) is 0 Å². The minimum atomic E-state index is -2.26. The van der Waals surface area contributed by atoms with Crippen LogP contribution in [0.1, 0.15) is 104 Å². The molecule has 74 heavy (non-hydrogen) atoms. The Morgan fingerprint density at radius 3 is 1.23 bits per heavy atom. The van der Waals surface area contributed by atoms with E-state index in [4.69, 9.17) is 26.5 Å². The van der Waals surface area contributed by atoms with E-state index in [9.17, 15) is 0 Å². The van der Waals surface area contributed by atoms with Gasteiger partial charge in [0.25, 0.3) is 0 Å². The molecule has 0 aliphatic heterocycles. The van der Waals surface area contributed by atoms with E-state index < -0.39 is 28.9 Å². The fourth-order valence-electron chi connectivity index (χ4n) is 12.3. The van der Waals surface area contributed by atoms with Crippen LogP contribution in [-0.4, -0.2) is 41.6 Å². The zero-order chi connectivity index (χ0) is 52.4. The van der Waals surface area contributed by atoms with Crippen molar-refractivity contribution in [2.75, 3.05) is 13.2 Å². The zero-order valence-electron chi connectivity index (χ0n) is 45.7. The van der Waals surface area contributed by atoms with Crippen LogP contribution in [0.2, 0.25) is 13.1 Å². The molecule has 2 aromatic heterocycles. The molecule has 0 unspecified atom stereocenters. The van der Waals surface area contributed by atoms with E-state index in [1.54, 1.807) is 10.4 Å². The number of ether oxygens (including phenoxy) is 2. The van der Waals surface area contributed by atoms with Gasteiger partial charge in [-0.3, -0.25) is 0 Å². The molecule has 0 aliphatic rings. The fraction of sp³-hybridized carbons (Fsp3) is 0.364. The van der Waals surface area contributed by atoms with Gasteiger partial charge >= 0.3 is 37.9 Å². The van der Waals surface area contributed by atoms with Crippen LogP contribution in [-0.2, 0) is 43.4 Å². The van der Waals surface area contributed by atoms with Crippen molar-refractivity contribution < 1.29 is 30.3 Å². The van der Waals surface area contributed by atoms with Crippen LogP contribution in [0.4, 0.5) is 0 Å². The van der Waals surface area contributed by atoms with Crippen molar-refractivity contribution in [1.82, 2.24) is 9.13 Å². The molecule has 8 heteroatoms. The van der Waals surface area contributed by atoms with Gasteiger partial charge in [-0.1, -0.05) is 124 Å². The monoisotopic (exact) mass is 1120 g/mol. The van der Waals surface area contributed by atoms with Crippen molar-refractivity contribution in [1.29, 1.82) is 0 Å². The molecule has 0 saturated heterocycles. The fourth-order valence-corrected chi connectivity index (χ4v) is 16.4. The Kier molecular flexibility index (Phi) is 17.1. The summed E-state index contributed by atoms with van der Waals surface area (Å²) in [6.07, 6.45) is 9.38. The summed E-state index contributed by atoms with van der Waals surface area (Å²) in [5, 5.41) is 14.0. The van der Waals surface area contributed by atoms with Crippen LogP contribution >= 0.6 is 17.0 Å². The van der Waals surface area contributed by atoms with E-state index in [-0.39, 0.29) is 11.2 Å². The Hall–Kier alpha value is -4.26. The van der Waals surface area contributed by atoms with Crippen LogP contribution in [0.5, 0.6) is 0 Å². The number of halogens is 2. The van der Waals surface area contributed by atoms with Gasteiger partial charge in [0.05, 0.1) is 11.2 Å². The molecule has 0 spiro atoms. The van der Waals surface area contributed by atoms with Crippen LogP contribution in [0.3, 0.4) is 0 Å². The van der Waals surface area contributed by atoms with Gasteiger partial charge in [-0.25, -0.2) is 0 Å². The third kappa shape index (κ3) is 11.5. The molecule has 10 rings (SSSR count). The van der Waals surface area contributed by atoms with E-state index in [1.807, 2.05) is 0 Å². The molecule has 4 nitrogen and oxygen atoms in total. The van der Waals surface area contributed by atoms with Crippen LogP contribution in [0, 0.1) is 13.8 Å². The molecule has 2 heterocycles. The van der Waals surface area contributed by atoms with Gasteiger partial charge in [-0.05, 0) is 115 Å². The van der Waals surface area contributed by atoms with E-state index in [0.29, 0.717) is 0 Å². The maximum atomic E-state index is 5.98. The molecule has 0 saturated carbocycles. The van der Waals surface area contributed by atoms with Crippen molar-refractivity contribution in [3.05, 3.63) is 145 Å². The van der Waals surface area contributed by atoms with E-state index in [2.05, 4.69) is 211 Å². The van der Waals surface area contributed by atoms with Crippen LogP contribution in [0.25, 0.3) is 87.4 Å². The standard InChI is InChI=1S/C66H76N2O2Si.2ClH.Zr/c1-45-41-55-49(47-33-35-61-57(43-47)51-25-15-17-31-59(51)67(61)37-19-11-13-21-39-69-65(3,4)5)27-23-29-53(55)63(45)71(9,10)64-46(2)42-56-50(28-24-30-54(56)64)48-34-36-62-58(44-48)52-26-16-18-32-60(52)68(62)38-20-12-14-22-40-70-66(6,7)8;;;/h15-18,23-36,41-44H,11-14,19-22,37-40H2,1-10H3;2*1H;/q-2;;;+4/p-2. The summed E-state index contributed by atoms with van der Waals surface area (Å²) in [5.41, 5.74) is 13.2. The third-order valence-electron chi connectivity index (χ3n) is 15.3. The van der Waals surface area contributed by atoms with Gasteiger partial charge in [0, 0.05) is 78.0 Å². The van der Waals surface area contributed by atoms with E-state index in [1.165, 1.54) is 124 Å². The summed E-state index contributed by atoms with van der Waals surface area (Å²) >= 11 is -0.826. The van der Waals surface area contributed by atoms with Crippen molar-refractivity contribution >= 4 is 101 Å². The average Bonchev–Trinajstić information content (AvgIpc) is 4.09. The summed E-state index contributed by atoms with van der Waals surface area (Å²) < 4.78 is 17.1. The van der Waals surface area contributed by atoms with Gasteiger partial charge in [0.1, 0.15) is 0 Å². The normalized spacial score (nSPS) is 12.5. The van der Waals surface area contributed by atoms with E-state index in [0.717, 1.165) is 52.0 Å². The molecule has 0 atom stereocenters. The Morgan fingerprint density at radius 1 is 0.446 bits per heavy atom. The third-order valence-corrected chi connectivity index (χ3v) is 19.1. The number of nitrogens with zero attached hydrogens (tertiary/aromatic N) is 2. The number of para-hydroxylation sites is 2. The molecule has 8 aromatic carbocycles. The molecule has 0 radical (unpaired) electrons. The van der Waals surface area contributed by atoms with Gasteiger partial charge < -0.3 is 18.6 Å². The molecule has 10 aromatic rings. The molecule has 0 fully saturated rings. The molecule has 0 N–H and O–H groups in total. The Labute approximate surface area is 460 Å². The summed E-state index contributed by atoms with van der Waals surface area (Å²) in [7, 11) is 7.61. The van der Waals surface area contributed by atoms with Gasteiger partial charge in [0.2, 0.25) is 0 Å². The topological polar surface area (TPSA) is 28.3 Å².